The van der Waals surface area contributed by atoms with E-state index in [0.717, 1.165) is 19.3 Å². The molecule has 1 fully saturated rings. The number of carboxylic acids is 1. The van der Waals surface area contributed by atoms with Gasteiger partial charge in [-0.05, 0) is 38.5 Å². The van der Waals surface area contributed by atoms with E-state index >= 15 is 0 Å². The lowest BCUT2D eigenvalue weighted by Gasteiger charge is -2.23. The third-order valence-electron chi connectivity index (χ3n) is 6.16. The zero-order valence-electron chi connectivity index (χ0n) is 20.7. The molecule has 0 aromatic rings. The van der Waals surface area contributed by atoms with E-state index in [1.807, 2.05) is 18.2 Å². The van der Waals surface area contributed by atoms with E-state index in [1.54, 1.807) is 13.0 Å². The molecule has 1 saturated carbocycles. The summed E-state index contributed by atoms with van der Waals surface area (Å²) in [4.78, 5) is 10.5. The van der Waals surface area contributed by atoms with Crippen LogP contribution in [0, 0.1) is 11.8 Å². The monoisotopic (exact) mass is 489 g/mol. The number of nitrogens with two attached hydrogens (primary N) is 1. The molecule has 5 unspecified atom stereocenters. The van der Waals surface area contributed by atoms with Gasteiger partial charge in [0.1, 0.15) is 0 Å². The first-order valence-corrected chi connectivity index (χ1v) is 12.2. The topological polar surface area (TPSA) is 185 Å². The van der Waals surface area contributed by atoms with Gasteiger partial charge in [-0.25, -0.2) is 0 Å². The summed E-state index contributed by atoms with van der Waals surface area (Å²) in [6.07, 6.45) is 12.7. The van der Waals surface area contributed by atoms with Crippen molar-refractivity contribution in [3.63, 3.8) is 0 Å². The zero-order chi connectivity index (χ0) is 26.2. The van der Waals surface area contributed by atoms with E-state index in [1.165, 1.54) is 0 Å². The van der Waals surface area contributed by atoms with Gasteiger partial charge in [0.05, 0.1) is 43.2 Å². The molecule has 0 aromatic carbocycles. The van der Waals surface area contributed by atoms with E-state index in [4.69, 9.17) is 26.2 Å². The number of hydrogen-bond donors (Lipinski definition) is 8. The molecule has 9 N–H and O–H groups in total. The second-order valence-corrected chi connectivity index (χ2v) is 9.61. The van der Waals surface area contributed by atoms with Crippen molar-refractivity contribution in [3.8, 4) is 0 Å². The van der Waals surface area contributed by atoms with Gasteiger partial charge >= 0.3 is 5.97 Å². The number of aliphatic carboxylic acids is 1. The van der Waals surface area contributed by atoms with E-state index < -0.39 is 49.1 Å². The van der Waals surface area contributed by atoms with E-state index in [-0.39, 0.29) is 18.3 Å². The van der Waals surface area contributed by atoms with Gasteiger partial charge in [-0.15, -0.1) is 0 Å². The van der Waals surface area contributed by atoms with Crippen LogP contribution in [0.25, 0.3) is 0 Å². The number of aliphatic hydroxyl groups is 6. The minimum atomic E-state index is -1.21. The average molecular weight is 490 g/mol. The van der Waals surface area contributed by atoms with Crippen molar-refractivity contribution in [2.24, 2.45) is 17.6 Å². The Hall–Kier alpha value is -1.33. The summed E-state index contributed by atoms with van der Waals surface area (Å²) in [5.74, 6) is -1.04. The summed E-state index contributed by atoms with van der Waals surface area (Å²) in [7, 11) is 0. The molecule has 0 saturated heterocycles. The molecule has 0 aliphatic heterocycles. The van der Waals surface area contributed by atoms with Crippen LogP contribution < -0.4 is 5.73 Å². The average Bonchev–Trinajstić information content (AvgIpc) is 3.06. The van der Waals surface area contributed by atoms with Gasteiger partial charge in [-0.3, -0.25) is 4.79 Å². The van der Waals surface area contributed by atoms with Crippen molar-refractivity contribution in [2.75, 3.05) is 19.8 Å². The largest absolute Gasteiger partial charge is 0.481 e. The summed E-state index contributed by atoms with van der Waals surface area (Å²) >= 11 is 0. The fourth-order valence-electron chi connectivity index (χ4n) is 3.73. The Morgan fingerprint density at radius 2 is 1.65 bits per heavy atom. The van der Waals surface area contributed by atoms with Gasteiger partial charge < -0.3 is 41.5 Å². The third-order valence-corrected chi connectivity index (χ3v) is 6.16. The maximum absolute atomic E-state index is 10.5. The Kier molecular flexibility index (Phi) is 16.5. The highest BCUT2D eigenvalue weighted by atomic mass is 16.4. The number of unbranched alkanes of at least 4 members (excludes halogenated alkanes) is 3. The molecule has 0 radical (unpaired) electrons. The summed E-state index contributed by atoms with van der Waals surface area (Å²) in [6.45, 7) is 2.70. The Labute approximate surface area is 203 Å². The molecule has 1 aliphatic rings. The highest BCUT2D eigenvalue weighted by Gasteiger charge is 2.39. The molecule has 0 aromatic heterocycles. The fourth-order valence-corrected chi connectivity index (χ4v) is 3.73. The van der Waals surface area contributed by atoms with Crippen LogP contribution in [0.4, 0.5) is 0 Å². The molecular formula is C25H47NO8. The van der Waals surface area contributed by atoms with Crippen molar-refractivity contribution >= 4 is 5.97 Å². The first-order valence-electron chi connectivity index (χ1n) is 12.2. The van der Waals surface area contributed by atoms with E-state index in [0.29, 0.717) is 32.1 Å². The number of allylic oxidation sites excluding steroid dienone is 2. The SMILES string of the molecule is CCCCCC(C)(O)/C=C/C1C(O)CC(O)C1C/C=C/CCCC(=O)O.NC(CO)(CO)CO. The van der Waals surface area contributed by atoms with Crippen LogP contribution in [0.2, 0.25) is 0 Å². The standard InChI is InChI=1S/C21H36O5.C4H11NO3/c1-3-4-9-13-21(2,26)14-12-17-16(18(22)15-19(17)23)10-7-5-6-8-11-20(24)25;5-4(1-6,2-7)3-8/h5,7,12,14,16-19,22-23,26H,3-4,6,8-11,13,15H2,1-2H3,(H,24,25);6-8H,1-3,5H2/b7-5+,14-12+;. The molecule has 9 heteroatoms. The minimum Gasteiger partial charge on any atom is -0.481 e. The van der Waals surface area contributed by atoms with Crippen molar-refractivity contribution in [3.05, 3.63) is 24.3 Å². The van der Waals surface area contributed by atoms with Crippen LogP contribution in [0.3, 0.4) is 0 Å². The second-order valence-electron chi connectivity index (χ2n) is 9.61. The lowest BCUT2D eigenvalue weighted by molar-refractivity contribution is -0.137. The van der Waals surface area contributed by atoms with Gasteiger partial charge in [0.15, 0.2) is 0 Å². The van der Waals surface area contributed by atoms with Crippen molar-refractivity contribution in [2.45, 2.75) is 95.0 Å². The van der Waals surface area contributed by atoms with Crippen LogP contribution in [0.1, 0.15) is 71.6 Å². The lowest BCUT2D eigenvalue weighted by Crippen LogP contribution is -2.50. The second kappa shape index (κ2) is 17.2. The summed E-state index contributed by atoms with van der Waals surface area (Å²) in [5.41, 5.74) is 3.05. The molecular weight excluding hydrogens is 442 g/mol. The highest BCUT2D eigenvalue weighted by Crippen LogP contribution is 2.37. The van der Waals surface area contributed by atoms with Crippen molar-refractivity contribution in [1.82, 2.24) is 0 Å². The predicted octanol–water partition coefficient (Wildman–Crippen LogP) is 1.09. The van der Waals surface area contributed by atoms with Gasteiger partial charge in [-0.2, -0.15) is 0 Å². The Morgan fingerprint density at radius 3 is 2.15 bits per heavy atom. The van der Waals surface area contributed by atoms with Crippen LogP contribution in [0.5, 0.6) is 0 Å². The van der Waals surface area contributed by atoms with Crippen LogP contribution in [-0.4, -0.2) is 84.9 Å². The van der Waals surface area contributed by atoms with E-state index in [2.05, 4.69) is 6.92 Å². The van der Waals surface area contributed by atoms with Crippen LogP contribution in [0.15, 0.2) is 24.3 Å². The Balaban J connectivity index is 0.00000116. The van der Waals surface area contributed by atoms with Gasteiger partial charge in [0, 0.05) is 18.8 Å². The summed E-state index contributed by atoms with van der Waals surface area (Å²) < 4.78 is 0. The first-order chi connectivity index (χ1) is 15.9. The number of aliphatic hydroxyl groups excluding tert-OH is 5. The molecule has 0 spiro atoms. The normalized spacial score (nSPS) is 24.9. The molecule has 0 heterocycles. The van der Waals surface area contributed by atoms with Gasteiger partial charge in [-0.1, -0.05) is 50.5 Å². The smallest absolute Gasteiger partial charge is 0.303 e. The van der Waals surface area contributed by atoms with Crippen molar-refractivity contribution < 1.29 is 40.5 Å². The lowest BCUT2D eigenvalue weighted by atomic mass is 9.88. The molecule has 1 rings (SSSR count). The summed E-state index contributed by atoms with van der Waals surface area (Å²) in [6, 6.07) is 0. The highest BCUT2D eigenvalue weighted by molar-refractivity contribution is 5.66. The maximum Gasteiger partial charge on any atom is 0.303 e. The fraction of sp³-hybridized carbons (Fsp3) is 0.800. The maximum atomic E-state index is 10.5. The Bertz CT molecular complexity index is 595. The van der Waals surface area contributed by atoms with Crippen LogP contribution in [-0.2, 0) is 4.79 Å². The number of carboxylic acid groups (broad SMARTS) is 1. The van der Waals surface area contributed by atoms with E-state index in [9.17, 15) is 20.1 Å². The molecule has 0 amide bonds. The van der Waals surface area contributed by atoms with Gasteiger partial charge in [0.25, 0.3) is 0 Å². The number of rotatable bonds is 15. The van der Waals surface area contributed by atoms with Crippen molar-refractivity contribution in [1.29, 1.82) is 0 Å². The Morgan fingerprint density at radius 1 is 1.03 bits per heavy atom. The molecule has 1 aliphatic carbocycles. The predicted molar refractivity (Wildman–Crippen MR) is 131 cm³/mol. The minimum absolute atomic E-state index is 0.0802. The van der Waals surface area contributed by atoms with Crippen LogP contribution >= 0.6 is 0 Å². The third kappa shape index (κ3) is 13.5. The molecule has 9 nitrogen and oxygen atoms in total. The quantitative estimate of drug-likeness (QED) is 0.123. The molecule has 34 heavy (non-hydrogen) atoms. The summed E-state index contributed by atoms with van der Waals surface area (Å²) in [5, 5.41) is 64.6. The zero-order valence-corrected chi connectivity index (χ0v) is 20.7. The molecule has 5 atom stereocenters. The number of hydrogen-bond acceptors (Lipinski definition) is 8. The molecule has 0 bridgehead atoms. The molecule has 200 valence electrons. The number of carbonyl (C=O) groups is 1. The van der Waals surface area contributed by atoms with Gasteiger partial charge in [0.2, 0.25) is 0 Å². The first kappa shape index (κ1) is 32.7.